The Labute approximate surface area is 150 Å². The Morgan fingerprint density at radius 1 is 1.12 bits per heavy atom. The summed E-state index contributed by atoms with van der Waals surface area (Å²) >= 11 is 12.2. The van der Waals surface area contributed by atoms with E-state index in [1.807, 2.05) is 49.4 Å². The van der Waals surface area contributed by atoms with Gasteiger partial charge in [-0.15, -0.1) is 0 Å². The number of nitrogens with zero attached hydrogens (tertiary/aromatic N) is 1. The summed E-state index contributed by atoms with van der Waals surface area (Å²) in [6.07, 6.45) is 1.99. The third kappa shape index (κ3) is 3.45. The molecule has 0 aliphatic carbocycles. The van der Waals surface area contributed by atoms with Gasteiger partial charge in [0.05, 0.1) is 9.89 Å². The average molecular weight is 355 g/mol. The van der Waals surface area contributed by atoms with Crippen LogP contribution in [-0.4, -0.2) is 15.1 Å². The summed E-state index contributed by atoms with van der Waals surface area (Å²) in [5.74, 6) is 0. The van der Waals surface area contributed by atoms with Gasteiger partial charge in [0, 0.05) is 23.7 Å². The van der Waals surface area contributed by atoms with Crippen LogP contribution in [0.25, 0.3) is 0 Å². The molecule has 3 aromatic rings. The van der Waals surface area contributed by atoms with Crippen LogP contribution in [0.1, 0.15) is 27.8 Å². The van der Waals surface area contributed by atoms with Gasteiger partial charge in [0.25, 0.3) is 5.56 Å². The monoisotopic (exact) mass is 354 g/mol. The van der Waals surface area contributed by atoms with Gasteiger partial charge in [-0.3, -0.25) is 4.79 Å². The zero-order chi connectivity index (χ0) is 17.1. The first-order valence-electron chi connectivity index (χ1n) is 7.47. The van der Waals surface area contributed by atoms with E-state index in [1.165, 1.54) is 5.56 Å². The maximum Gasteiger partial charge on any atom is 0.267 e. The lowest BCUT2D eigenvalue weighted by molar-refractivity contribution is 0.948. The van der Waals surface area contributed by atoms with Crippen molar-refractivity contribution >= 4 is 28.7 Å². The maximum absolute atomic E-state index is 11.8. The molecule has 5 heteroatoms. The van der Waals surface area contributed by atoms with Crippen molar-refractivity contribution in [2.24, 2.45) is 0 Å². The predicted molar refractivity (Wildman–Crippen MR) is 101 cm³/mol. The number of aryl methyl sites for hydroxylation is 1. The molecular weight excluding hydrogens is 340 g/mol. The Balaban J connectivity index is 1.96. The van der Waals surface area contributed by atoms with Crippen molar-refractivity contribution in [2.75, 3.05) is 0 Å². The highest BCUT2D eigenvalue weighted by Gasteiger charge is 2.13. The zero-order valence-electron chi connectivity index (χ0n) is 13.0. The fourth-order valence-electron chi connectivity index (χ4n) is 2.47. The number of thiocarbonyl (C=S) groups is 1. The molecule has 0 spiro atoms. The number of nitrogens with one attached hydrogen (secondary N) is 1. The van der Waals surface area contributed by atoms with Crippen LogP contribution >= 0.6 is 23.8 Å². The minimum Gasteiger partial charge on any atom is -0.268 e. The number of hydrogen-bond acceptors (Lipinski definition) is 3. The van der Waals surface area contributed by atoms with Crippen LogP contribution in [0.3, 0.4) is 0 Å². The first-order valence-corrected chi connectivity index (χ1v) is 8.26. The fourth-order valence-corrected chi connectivity index (χ4v) is 3.12. The smallest absolute Gasteiger partial charge is 0.267 e. The molecule has 120 valence electrons. The molecule has 24 heavy (non-hydrogen) atoms. The molecule has 0 radical (unpaired) electrons. The summed E-state index contributed by atoms with van der Waals surface area (Å²) in [5, 5.41) is 6.73. The van der Waals surface area contributed by atoms with Crippen molar-refractivity contribution in [2.45, 2.75) is 13.3 Å². The van der Waals surface area contributed by atoms with Crippen LogP contribution in [0.4, 0.5) is 0 Å². The molecule has 0 saturated heterocycles. The van der Waals surface area contributed by atoms with Crippen molar-refractivity contribution in [3.8, 4) is 0 Å². The minimum absolute atomic E-state index is 0.208. The Bertz CT molecular complexity index is 948. The van der Waals surface area contributed by atoms with Gasteiger partial charge in [-0.05, 0) is 24.1 Å². The Morgan fingerprint density at radius 2 is 1.88 bits per heavy atom. The molecule has 0 amide bonds. The van der Waals surface area contributed by atoms with Gasteiger partial charge in [-0.25, -0.2) is 5.10 Å². The summed E-state index contributed by atoms with van der Waals surface area (Å²) in [5.41, 5.74) is 4.21. The van der Waals surface area contributed by atoms with E-state index in [2.05, 4.69) is 10.2 Å². The van der Waals surface area contributed by atoms with Crippen LogP contribution in [0, 0.1) is 6.92 Å². The average Bonchev–Trinajstić information content (AvgIpc) is 2.59. The van der Waals surface area contributed by atoms with E-state index in [-0.39, 0.29) is 5.56 Å². The maximum atomic E-state index is 11.8. The van der Waals surface area contributed by atoms with Crippen molar-refractivity contribution in [3.63, 3.8) is 0 Å². The molecule has 2 aromatic carbocycles. The van der Waals surface area contributed by atoms with E-state index in [4.69, 9.17) is 23.8 Å². The fraction of sp³-hybridized carbons (Fsp3) is 0.105. The van der Waals surface area contributed by atoms with Crippen molar-refractivity contribution in [3.05, 3.63) is 97.9 Å². The summed E-state index contributed by atoms with van der Waals surface area (Å²) in [6.45, 7) is 2.03. The molecule has 0 atom stereocenters. The highest BCUT2D eigenvalue weighted by Crippen LogP contribution is 2.26. The van der Waals surface area contributed by atoms with E-state index >= 15 is 0 Å². The minimum atomic E-state index is -0.208. The lowest BCUT2D eigenvalue weighted by Crippen LogP contribution is -2.14. The molecule has 3 nitrogen and oxygen atoms in total. The van der Waals surface area contributed by atoms with Gasteiger partial charge in [0.1, 0.15) is 0 Å². The highest BCUT2D eigenvalue weighted by molar-refractivity contribution is 7.81. The first-order chi connectivity index (χ1) is 11.6. The normalized spacial score (nSPS) is 10.6. The highest BCUT2D eigenvalue weighted by atomic mass is 35.5. The quantitative estimate of drug-likeness (QED) is 0.567. The topological polar surface area (TPSA) is 45.8 Å². The second kappa shape index (κ2) is 7.07. The summed E-state index contributed by atoms with van der Waals surface area (Å²) in [6, 6.07) is 15.5. The molecule has 1 aromatic heterocycles. The second-order valence-electron chi connectivity index (χ2n) is 5.56. The standard InChI is InChI=1S/C19H15ClN2OS/c1-12-5-7-13(8-6-12)18(24)16-4-2-3-14(17(16)20)11-15-9-10-21-22-19(15)23/h2-10H,11H2,1H3,(H,22,23). The van der Waals surface area contributed by atoms with Crippen molar-refractivity contribution in [1.82, 2.24) is 10.2 Å². The van der Waals surface area contributed by atoms with Gasteiger partial charge < -0.3 is 0 Å². The van der Waals surface area contributed by atoms with Gasteiger partial charge >= 0.3 is 0 Å². The largest absolute Gasteiger partial charge is 0.268 e. The Hall–Kier alpha value is -2.30. The van der Waals surface area contributed by atoms with Gasteiger partial charge in [0.2, 0.25) is 0 Å². The van der Waals surface area contributed by atoms with Crippen LogP contribution in [0.2, 0.25) is 5.02 Å². The predicted octanol–water partition coefficient (Wildman–Crippen LogP) is 4.09. The summed E-state index contributed by atoms with van der Waals surface area (Å²) < 4.78 is 0. The van der Waals surface area contributed by atoms with Crippen LogP contribution in [-0.2, 0) is 6.42 Å². The van der Waals surface area contributed by atoms with Crippen molar-refractivity contribution in [1.29, 1.82) is 0 Å². The number of aromatic amines is 1. The molecule has 3 rings (SSSR count). The third-order valence-corrected chi connectivity index (χ3v) is 4.73. The summed E-state index contributed by atoms with van der Waals surface area (Å²) in [4.78, 5) is 12.5. The number of aromatic nitrogens is 2. The Morgan fingerprint density at radius 3 is 2.58 bits per heavy atom. The van der Waals surface area contributed by atoms with E-state index in [0.717, 1.165) is 16.7 Å². The number of benzene rings is 2. The van der Waals surface area contributed by atoms with Crippen LogP contribution in [0.15, 0.2) is 59.5 Å². The molecule has 1 heterocycles. The molecule has 0 bridgehead atoms. The van der Waals surface area contributed by atoms with Gasteiger partial charge in [0.15, 0.2) is 0 Å². The molecule has 0 aliphatic heterocycles. The van der Waals surface area contributed by atoms with Crippen molar-refractivity contribution < 1.29 is 0 Å². The molecule has 0 aliphatic rings. The number of hydrogen-bond donors (Lipinski definition) is 1. The molecular formula is C19H15ClN2OS. The van der Waals surface area contributed by atoms with Gasteiger partial charge in [-0.2, -0.15) is 5.10 Å². The third-order valence-electron chi connectivity index (χ3n) is 3.83. The Kier molecular flexibility index (Phi) is 4.88. The van der Waals surface area contributed by atoms with E-state index in [9.17, 15) is 4.79 Å². The van der Waals surface area contributed by atoms with E-state index in [1.54, 1.807) is 12.3 Å². The van der Waals surface area contributed by atoms with Gasteiger partial charge in [-0.1, -0.05) is 71.8 Å². The molecule has 1 N–H and O–H groups in total. The molecule has 0 saturated carbocycles. The lowest BCUT2D eigenvalue weighted by Gasteiger charge is -2.11. The van der Waals surface area contributed by atoms with E-state index in [0.29, 0.717) is 21.9 Å². The zero-order valence-corrected chi connectivity index (χ0v) is 14.6. The van der Waals surface area contributed by atoms with E-state index < -0.39 is 0 Å². The second-order valence-corrected chi connectivity index (χ2v) is 6.35. The SMILES string of the molecule is Cc1ccc(C(=S)c2cccc(Cc3ccn[nH]c3=O)c2Cl)cc1. The number of H-pyrrole nitrogens is 1. The first kappa shape index (κ1) is 16.6. The van der Waals surface area contributed by atoms with Crippen LogP contribution < -0.4 is 5.56 Å². The number of halogens is 1. The molecule has 0 fully saturated rings. The number of rotatable bonds is 4. The summed E-state index contributed by atoms with van der Waals surface area (Å²) in [7, 11) is 0. The lowest BCUT2D eigenvalue weighted by atomic mass is 9.99. The van der Waals surface area contributed by atoms with Crippen LogP contribution in [0.5, 0.6) is 0 Å². The molecule has 0 unspecified atom stereocenters.